The summed E-state index contributed by atoms with van der Waals surface area (Å²) in [6, 6.07) is 4.08. The van der Waals surface area contributed by atoms with Crippen LogP contribution in [-0.4, -0.2) is 30.3 Å². The van der Waals surface area contributed by atoms with Crippen LogP contribution in [0.1, 0.15) is 16.1 Å². The zero-order valence-electron chi connectivity index (χ0n) is 12.0. The van der Waals surface area contributed by atoms with Crippen LogP contribution in [0.25, 0.3) is 16.3 Å². The van der Waals surface area contributed by atoms with E-state index < -0.39 is 0 Å². The van der Waals surface area contributed by atoms with E-state index in [1.54, 1.807) is 23.8 Å². The summed E-state index contributed by atoms with van der Waals surface area (Å²) in [5.74, 6) is 0. The molecule has 0 aliphatic heterocycles. The van der Waals surface area contributed by atoms with Gasteiger partial charge in [0.05, 0.1) is 23.0 Å². The van der Waals surface area contributed by atoms with Crippen LogP contribution in [0, 0.1) is 25.2 Å². The van der Waals surface area contributed by atoms with Crippen molar-refractivity contribution in [2.45, 2.75) is 13.8 Å². The molecule has 4 nitrogen and oxygen atoms in total. The minimum Gasteiger partial charge on any atom is -0.369 e. The molecule has 20 heavy (non-hydrogen) atoms. The fraction of sp³-hybridized carbons (Fsp3) is 0.267. The lowest BCUT2D eigenvalue weighted by molar-refractivity contribution is 0.643. The number of fused-ring (bicyclic) bond motifs is 1. The molecule has 5 heteroatoms. The van der Waals surface area contributed by atoms with Crippen molar-refractivity contribution in [2.75, 3.05) is 14.1 Å². The molecule has 0 atom stereocenters. The van der Waals surface area contributed by atoms with Crippen molar-refractivity contribution in [3.63, 3.8) is 0 Å². The topological polar surface area (TPSA) is 52.3 Å². The van der Waals surface area contributed by atoms with Gasteiger partial charge in [-0.2, -0.15) is 5.26 Å². The maximum Gasteiger partial charge on any atom is 0.126 e. The van der Waals surface area contributed by atoms with Crippen molar-refractivity contribution in [1.82, 2.24) is 9.88 Å². The summed E-state index contributed by atoms with van der Waals surface area (Å²) in [4.78, 5) is 12.9. The second-order valence-corrected chi connectivity index (χ2v) is 5.78. The van der Waals surface area contributed by atoms with E-state index in [1.807, 2.05) is 32.0 Å². The maximum atomic E-state index is 8.72. The Morgan fingerprint density at radius 3 is 2.80 bits per heavy atom. The monoisotopic (exact) mass is 284 g/mol. The standard InChI is InChI=1S/C15H16N4S/c1-10-8-11(2)18-15-13(10)14(17-9-19(3)4)12(20-15)6-5-7-16/h5-6,8-9H,1-4H3/b6-5+,17-9?. The van der Waals surface area contributed by atoms with Crippen molar-refractivity contribution in [3.8, 4) is 6.07 Å². The van der Waals surface area contributed by atoms with Gasteiger partial charge in [0, 0.05) is 31.3 Å². The van der Waals surface area contributed by atoms with Gasteiger partial charge in [-0.05, 0) is 31.6 Å². The van der Waals surface area contributed by atoms with E-state index in [0.29, 0.717) is 0 Å². The second-order valence-electron chi connectivity index (χ2n) is 4.75. The third-order valence-corrected chi connectivity index (χ3v) is 3.75. The van der Waals surface area contributed by atoms with Crippen LogP contribution in [0.2, 0.25) is 0 Å². The molecule has 0 radical (unpaired) electrons. The summed E-state index contributed by atoms with van der Waals surface area (Å²) < 4.78 is 0. The van der Waals surface area contributed by atoms with E-state index in [9.17, 15) is 0 Å². The first-order valence-corrected chi connectivity index (χ1v) is 7.02. The van der Waals surface area contributed by atoms with Gasteiger partial charge in [0.1, 0.15) is 4.83 Å². The molecule has 0 aromatic carbocycles. The molecule has 2 aromatic rings. The fourth-order valence-corrected chi connectivity index (χ4v) is 3.11. The Morgan fingerprint density at radius 2 is 2.15 bits per heavy atom. The minimum absolute atomic E-state index is 0.884. The molecule has 0 aliphatic rings. The SMILES string of the molecule is Cc1cc(C)c2c(N=CN(C)C)c(/C=C/C#N)sc2n1. The van der Waals surface area contributed by atoms with Crippen LogP contribution in [-0.2, 0) is 0 Å². The molecular formula is C15H16N4S. The third-order valence-electron chi connectivity index (χ3n) is 2.72. The van der Waals surface area contributed by atoms with Crippen molar-refractivity contribution < 1.29 is 0 Å². The van der Waals surface area contributed by atoms with Gasteiger partial charge in [0.2, 0.25) is 0 Å². The van der Waals surface area contributed by atoms with E-state index in [0.717, 1.165) is 32.0 Å². The van der Waals surface area contributed by atoms with E-state index in [2.05, 4.69) is 23.0 Å². The molecular weight excluding hydrogens is 268 g/mol. The molecule has 2 heterocycles. The number of aliphatic imine (C=N–C) groups is 1. The van der Waals surface area contributed by atoms with E-state index >= 15 is 0 Å². The number of aromatic nitrogens is 1. The van der Waals surface area contributed by atoms with Gasteiger partial charge in [0.15, 0.2) is 0 Å². The van der Waals surface area contributed by atoms with Crippen LogP contribution in [0.15, 0.2) is 17.1 Å². The fourth-order valence-electron chi connectivity index (χ4n) is 1.97. The Hall–Kier alpha value is -2.19. The largest absolute Gasteiger partial charge is 0.369 e. The zero-order valence-corrected chi connectivity index (χ0v) is 12.8. The molecule has 0 saturated carbocycles. The Balaban J connectivity index is 2.72. The summed E-state index contributed by atoms with van der Waals surface area (Å²) in [6.07, 6.45) is 5.04. The van der Waals surface area contributed by atoms with Crippen LogP contribution in [0.5, 0.6) is 0 Å². The molecule has 0 N–H and O–H groups in total. The molecule has 0 amide bonds. The number of rotatable bonds is 3. The molecule has 0 aliphatic carbocycles. The first kappa shape index (κ1) is 14.2. The molecule has 0 saturated heterocycles. The Kier molecular flexibility index (Phi) is 4.16. The summed E-state index contributed by atoms with van der Waals surface area (Å²) in [5, 5.41) is 9.78. The summed E-state index contributed by atoms with van der Waals surface area (Å²) in [6.45, 7) is 4.05. The summed E-state index contributed by atoms with van der Waals surface area (Å²) >= 11 is 1.56. The number of allylic oxidation sites excluding steroid dienone is 1. The van der Waals surface area contributed by atoms with E-state index in [1.165, 1.54) is 6.08 Å². The lowest BCUT2D eigenvalue weighted by atomic mass is 10.1. The molecule has 2 rings (SSSR count). The lowest BCUT2D eigenvalue weighted by Crippen LogP contribution is -2.07. The average molecular weight is 284 g/mol. The van der Waals surface area contributed by atoms with Crippen LogP contribution in [0.3, 0.4) is 0 Å². The second kappa shape index (κ2) is 5.85. The highest BCUT2D eigenvalue weighted by Crippen LogP contribution is 2.39. The number of hydrogen-bond donors (Lipinski definition) is 0. The van der Waals surface area contributed by atoms with Crippen molar-refractivity contribution in [3.05, 3.63) is 28.3 Å². The number of aryl methyl sites for hydroxylation is 2. The number of hydrogen-bond acceptors (Lipinski definition) is 4. The van der Waals surface area contributed by atoms with Gasteiger partial charge in [-0.1, -0.05) is 0 Å². The molecule has 0 bridgehead atoms. The predicted molar refractivity (Wildman–Crippen MR) is 85.6 cm³/mol. The van der Waals surface area contributed by atoms with Gasteiger partial charge < -0.3 is 4.90 Å². The first-order valence-electron chi connectivity index (χ1n) is 6.20. The highest BCUT2D eigenvalue weighted by Gasteiger charge is 2.13. The van der Waals surface area contributed by atoms with E-state index in [-0.39, 0.29) is 0 Å². The highest BCUT2D eigenvalue weighted by molar-refractivity contribution is 7.20. The number of thiophene rings is 1. The smallest absolute Gasteiger partial charge is 0.126 e. The zero-order chi connectivity index (χ0) is 14.7. The number of nitriles is 1. The average Bonchev–Trinajstić information content (AvgIpc) is 2.71. The van der Waals surface area contributed by atoms with Gasteiger partial charge in [0.25, 0.3) is 0 Å². The Labute approximate surface area is 122 Å². The van der Waals surface area contributed by atoms with Crippen molar-refractivity contribution >= 4 is 39.7 Å². The number of nitrogens with zero attached hydrogens (tertiary/aromatic N) is 4. The molecule has 2 aromatic heterocycles. The third kappa shape index (κ3) is 2.86. The minimum atomic E-state index is 0.884. The van der Waals surface area contributed by atoms with Gasteiger partial charge in [-0.15, -0.1) is 11.3 Å². The molecule has 0 fully saturated rings. The van der Waals surface area contributed by atoms with Crippen LogP contribution >= 0.6 is 11.3 Å². The predicted octanol–water partition coefficient (Wildman–Crippen LogP) is 3.67. The van der Waals surface area contributed by atoms with Gasteiger partial charge in [-0.25, -0.2) is 9.98 Å². The first-order chi connectivity index (χ1) is 9.52. The van der Waals surface area contributed by atoms with E-state index in [4.69, 9.17) is 5.26 Å². The highest BCUT2D eigenvalue weighted by atomic mass is 32.1. The summed E-state index contributed by atoms with van der Waals surface area (Å²) in [7, 11) is 3.86. The van der Waals surface area contributed by atoms with Crippen molar-refractivity contribution in [1.29, 1.82) is 5.26 Å². The Bertz CT molecular complexity index is 732. The molecule has 0 spiro atoms. The van der Waals surface area contributed by atoms with Gasteiger partial charge >= 0.3 is 0 Å². The number of pyridine rings is 1. The molecule has 0 unspecified atom stereocenters. The maximum absolute atomic E-state index is 8.72. The quantitative estimate of drug-likeness (QED) is 0.491. The normalized spacial score (nSPS) is 11.6. The van der Waals surface area contributed by atoms with Gasteiger partial charge in [-0.3, -0.25) is 0 Å². The van der Waals surface area contributed by atoms with Crippen molar-refractivity contribution in [2.24, 2.45) is 4.99 Å². The lowest BCUT2D eigenvalue weighted by Gasteiger charge is -2.04. The Morgan fingerprint density at radius 1 is 1.40 bits per heavy atom. The summed E-state index contributed by atoms with van der Waals surface area (Å²) in [5.41, 5.74) is 3.04. The van der Waals surface area contributed by atoms with Crippen LogP contribution in [0.4, 0.5) is 5.69 Å². The molecule has 102 valence electrons. The van der Waals surface area contributed by atoms with Crippen LogP contribution < -0.4 is 0 Å².